The monoisotopic (exact) mass is 1350 g/mol. The molecular formula is C71H88B2N3NaO20. The molecular weight excluding hydrogens is 1260 g/mol. The fraction of sp³-hybridized carbons (Fsp3) is 0.479. The van der Waals surface area contributed by atoms with Crippen LogP contribution in [-0.4, -0.2) is 174 Å². The molecule has 0 fully saturated rings. The van der Waals surface area contributed by atoms with Crippen molar-refractivity contribution in [1.82, 2.24) is 14.7 Å². The Morgan fingerprint density at radius 3 is 1.08 bits per heavy atom. The standard InChI is InChI=1S/C22H23NO7.2C22H25NO6.C3H8.C2H6O.2B.Na.H/c1-23-8-7-11-9-14-20(29-10-28-14)21(27-4)15(11)17(23)18-12-5-6-13(25-2)19(26-3)16(12)22(24)30-18;2*1-23-8-7-12-9-16-21(29-11-28-16)22(26-4)17(12)18(23)20-13-5-6-15(24-2)19(25-3)14(13)10-27-20;1-3-2;1-2-3;;;;/h5-6,9,17-18H,7-8,10H2,1-4H3;2*5-6,9,18,20H,7-8,10-11H2,1-4H3;3H2,1-2H3;3H,2H2,1H3;;;;/q;;;;;;;+1;-1/t17-,18+;2*18-,20+;;;;;;/m111....../s1. The van der Waals surface area contributed by atoms with E-state index in [0.717, 1.165) is 123 Å². The van der Waals surface area contributed by atoms with E-state index in [1.165, 1.54) is 24.7 Å². The molecule has 514 valence electrons. The van der Waals surface area contributed by atoms with Gasteiger partial charge in [-0.2, -0.15) is 0 Å². The third-order valence-corrected chi connectivity index (χ3v) is 18.3. The summed E-state index contributed by atoms with van der Waals surface area (Å²) in [5.74, 6) is 9.61. The molecule has 9 aliphatic heterocycles. The number of methoxy groups -OCH3 is 9. The second kappa shape index (κ2) is 33.0. The zero-order valence-corrected chi connectivity index (χ0v) is 60.6. The summed E-state index contributed by atoms with van der Waals surface area (Å²) < 4.78 is 103. The molecule has 23 nitrogen and oxygen atoms in total. The molecule has 6 atom stereocenters. The first kappa shape index (κ1) is 75.5. The molecule has 97 heavy (non-hydrogen) atoms. The van der Waals surface area contributed by atoms with Crippen LogP contribution >= 0.6 is 0 Å². The number of fused-ring (bicyclic) bond motifs is 9. The predicted octanol–water partition coefficient (Wildman–Crippen LogP) is 7.13. The molecule has 1 N–H and O–H groups in total. The Kier molecular flexibility index (Phi) is 25.7. The van der Waals surface area contributed by atoms with Gasteiger partial charge in [-0.25, -0.2) is 4.79 Å². The van der Waals surface area contributed by atoms with Gasteiger partial charge in [-0.05, 0) is 112 Å². The van der Waals surface area contributed by atoms with Crippen LogP contribution in [0, 0.1) is 0 Å². The van der Waals surface area contributed by atoms with Crippen molar-refractivity contribution < 1.29 is 126 Å². The van der Waals surface area contributed by atoms with Crippen molar-refractivity contribution in [3.8, 4) is 86.2 Å². The Morgan fingerprint density at radius 1 is 0.454 bits per heavy atom. The first-order chi connectivity index (χ1) is 45.8. The third kappa shape index (κ3) is 13.7. The van der Waals surface area contributed by atoms with Crippen molar-refractivity contribution in [2.45, 2.75) is 96.1 Å². The van der Waals surface area contributed by atoms with Gasteiger partial charge in [-0.15, -0.1) is 0 Å². The SMILES string of the molecule is CCC.CCO.COc1ccc2c(c1OC)C(=O)O[C@@H]2[C@H]1c2c(cc3c(c2OC)OCO3)CCN1C.COc1ccc2c(c1OC)CO[C@@H]2[C@H]1c2c(cc3c(c2OC)OCO3)CCN1C.COc1ccc2c(c1OC)CO[C@@H]2[C@H]1c2c(cc3c(c2OC)OCO3)CCN1C.[B].[B].[H-].[Na+]. The van der Waals surface area contributed by atoms with Crippen LogP contribution in [0.1, 0.15) is 137 Å². The molecule has 9 heterocycles. The smallest absolute Gasteiger partial charge is 1.00 e. The summed E-state index contributed by atoms with van der Waals surface area (Å²) in [6, 6.07) is 17.6. The van der Waals surface area contributed by atoms with E-state index in [9.17, 15) is 4.79 Å². The number of cyclic esters (lactones) is 1. The molecule has 26 heteroatoms. The average molecular weight is 1350 g/mol. The summed E-state index contributed by atoms with van der Waals surface area (Å²) >= 11 is 0. The molecule has 0 spiro atoms. The van der Waals surface area contributed by atoms with Gasteiger partial charge in [0.1, 0.15) is 23.9 Å². The van der Waals surface area contributed by atoms with E-state index >= 15 is 0 Å². The normalized spacial score (nSPS) is 20.4. The van der Waals surface area contributed by atoms with Crippen LogP contribution in [0.15, 0.2) is 54.6 Å². The van der Waals surface area contributed by atoms with Crippen molar-refractivity contribution in [2.24, 2.45) is 0 Å². The number of ether oxygens (including phenoxy) is 18. The Morgan fingerprint density at radius 2 is 0.763 bits per heavy atom. The molecule has 0 bridgehead atoms. The first-order valence-electron chi connectivity index (χ1n) is 31.6. The third-order valence-electron chi connectivity index (χ3n) is 18.3. The van der Waals surface area contributed by atoms with Gasteiger partial charge in [-0.1, -0.05) is 38.5 Å². The minimum absolute atomic E-state index is 0. The van der Waals surface area contributed by atoms with Crippen molar-refractivity contribution in [2.75, 3.05) is 132 Å². The van der Waals surface area contributed by atoms with E-state index in [-0.39, 0.29) is 105 Å². The number of nitrogens with zero attached hydrogens (tertiary/aromatic N) is 3. The maximum absolute atomic E-state index is 12.9. The quantitative estimate of drug-likeness (QED) is 0.0953. The average Bonchev–Trinajstić information content (AvgIpc) is 1.46. The summed E-state index contributed by atoms with van der Waals surface area (Å²) in [7, 11) is 20.9. The maximum Gasteiger partial charge on any atom is 1.00 e. The molecule has 6 aromatic carbocycles. The second-order valence-corrected chi connectivity index (χ2v) is 23.5. The van der Waals surface area contributed by atoms with E-state index in [2.05, 4.69) is 66.9 Å². The minimum atomic E-state index is -0.523. The van der Waals surface area contributed by atoms with E-state index in [0.29, 0.717) is 70.5 Å². The van der Waals surface area contributed by atoms with Crippen LogP contribution in [0.3, 0.4) is 0 Å². The van der Waals surface area contributed by atoms with Gasteiger partial charge in [0.2, 0.25) is 37.6 Å². The van der Waals surface area contributed by atoms with Gasteiger partial charge in [-0.3, -0.25) is 14.7 Å². The number of hydrogen-bond donors (Lipinski definition) is 1. The van der Waals surface area contributed by atoms with Crippen molar-refractivity contribution >= 4 is 22.8 Å². The topological polar surface area (TPSA) is 213 Å². The van der Waals surface area contributed by atoms with E-state index in [1.54, 1.807) is 69.9 Å². The molecule has 0 aromatic heterocycles. The molecule has 6 radical (unpaired) electrons. The van der Waals surface area contributed by atoms with Gasteiger partial charge in [0.05, 0.1) is 95.3 Å². The zero-order chi connectivity index (χ0) is 66.6. The molecule has 0 saturated heterocycles. The zero-order valence-electron chi connectivity index (χ0n) is 59.6. The minimum Gasteiger partial charge on any atom is -1.00 e. The number of carbonyl (C=O) groups excluding carboxylic acids is 1. The van der Waals surface area contributed by atoms with E-state index < -0.39 is 12.1 Å². The van der Waals surface area contributed by atoms with E-state index in [1.807, 2.05) is 31.3 Å². The van der Waals surface area contributed by atoms with Crippen LogP contribution < -0.4 is 101 Å². The van der Waals surface area contributed by atoms with Crippen LogP contribution in [0.5, 0.6) is 86.2 Å². The summed E-state index contributed by atoms with van der Waals surface area (Å²) in [4.78, 5) is 19.7. The summed E-state index contributed by atoms with van der Waals surface area (Å²) in [6.45, 7) is 10.4. The molecule has 15 rings (SSSR count). The Hall–Kier alpha value is -7.32. The number of rotatable bonds is 12. The Balaban J connectivity index is 0.000000195. The molecule has 0 unspecified atom stereocenters. The van der Waals surface area contributed by atoms with Crippen molar-refractivity contribution in [3.63, 3.8) is 0 Å². The van der Waals surface area contributed by atoms with Crippen LogP contribution in [0.4, 0.5) is 0 Å². The summed E-state index contributed by atoms with van der Waals surface area (Å²) in [5, 5.41) is 7.57. The number of aliphatic hydroxyl groups is 1. The predicted molar refractivity (Wildman–Crippen MR) is 358 cm³/mol. The summed E-state index contributed by atoms with van der Waals surface area (Å²) in [6.07, 6.45) is 3.09. The second-order valence-electron chi connectivity index (χ2n) is 23.5. The summed E-state index contributed by atoms with van der Waals surface area (Å²) in [5.41, 5.74) is 12.2. The van der Waals surface area contributed by atoms with E-state index in [4.69, 9.17) is 90.4 Å². The van der Waals surface area contributed by atoms with Crippen molar-refractivity contribution in [1.29, 1.82) is 0 Å². The molecule has 0 amide bonds. The number of hydrogen-bond acceptors (Lipinski definition) is 23. The molecule has 0 aliphatic carbocycles. The Labute approximate surface area is 595 Å². The number of carbonyl (C=O) groups is 1. The number of aliphatic hydroxyl groups excluding tert-OH is 1. The van der Waals surface area contributed by atoms with Crippen LogP contribution in [0.2, 0.25) is 0 Å². The van der Waals surface area contributed by atoms with Crippen LogP contribution in [0.25, 0.3) is 0 Å². The number of esters is 1. The van der Waals surface area contributed by atoms with Gasteiger partial charge in [0, 0.05) is 76.4 Å². The maximum atomic E-state index is 12.9. The van der Waals surface area contributed by atoms with Gasteiger partial charge >= 0.3 is 35.5 Å². The first-order valence-corrected chi connectivity index (χ1v) is 31.6. The largest absolute Gasteiger partial charge is 1.00 e. The fourth-order valence-corrected chi connectivity index (χ4v) is 14.3. The van der Waals surface area contributed by atoms with Gasteiger partial charge in [0.15, 0.2) is 69.0 Å². The van der Waals surface area contributed by atoms with Gasteiger partial charge < -0.3 is 91.8 Å². The number of likely N-dealkylation sites (N-methyl/N-ethyl adjacent to an activating group) is 3. The molecule has 9 aliphatic rings. The van der Waals surface area contributed by atoms with Crippen LogP contribution in [-0.2, 0) is 46.7 Å². The Bertz CT molecular complexity index is 3620. The number of benzene rings is 6. The van der Waals surface area contributed by atoms with Crippen molar-refractivity contribution in [3.05, 3.63) is 121 Å². The molecule has 6 aromatic rings. The van der Waals surface area contributed by atoms with Gasteiger partial charge in [0.25, 0.3) is 0 Å². The molecule has 0 saturated carbocycles. The fourth-order valence-electron chi connectivity index (χ4n) is 14.3.